The van der Waals surface area contributed by atoms with Crippen LogP contribution < -0.4 is 0 Å². The van der Waals surface area contributed by atoms with Crippen LogP contribution in [0.25, 0.3) is 0 Å². The van der Waals surface area contributed by atoms with E-state index >= 15 is 0 Å². The van der Waals surface area contributed by atoms with Crippen LogP contribution >= 0.6 is 0 Å². The summed E-state index contributed by atoms with van der Waals surface area (Å²) in [5.74, 6) is 0.609. The van der Waals surface area contributed by atoms with Crippen LogP contribution in [0.2, 0.25) is 0 Å². The minimum absolute atomic E-state index is 0.337. The molecular weight excluding hydrogens is 260 g/mol. The van der Waals surface area contributed by atoms with Gasteiger partial charge in [0.25, 0.3) is 0 Å². The van der Waals surface area contributed by atoms with E-state index in [1.54, 1.807) is 0 Å². The SMILES string of the molecule is CCOC1CC(CC(O)c2c(C)c(C)c(C)c(C)c2C)C1. The molecule has 0 aliphatic heterocycles. The molecule has 0 amide bonds. The number of aliphatic hydroxyl groups excluding tert-OH is 1. The highest BCUT2D eigenvalue weighted by Crippen LogP contribution is 2.39. The Kier molecular flexibility index (Phi) is 5.11. The molecule has 1 atom stereocenters. The Morgan fingerprint density at radius 1 is 0.952 bits per heavy atom. The molecule has 1 saturated carbocycles. The molecule has 0 heterocycles. The first kappa shape index (κ1) is 16.5. The third-order valence-corrected chi connectivity index (χ3v) is 5.54. The van der Waals surface area contributed by atoms with Gasteiger partial charge in [-0.05, 0) is 100 Å². The third kappa shape index (κ3) is 3.17. The molecule has 0 aromatic heterocycles. The predicted molar refractivity (Wildman–Crippen MR) is 87.8 cm³/mol. The summed E-state index contributed by atoms with van der Waals surface area (Å²) in [6, 6.07) is 0. The summed E-state index contributed by atoms with van der Waals surface area (Å²) in [5.41, 5.74) is 7.71. The van der Waals surface area contributed by atoms with Crippen LogP contribution in [0.4, 0.5) is 0 Å². The number of hydrogen-bond acceptors (Lipinski definition) is 2. The van der Waals surface area contributed by atoms with Crippen molar-refractivity contribution in [1.29, 1.82) is 0 Å². The van der Waals surface area contributed by atoms with Crippen LogP contribution in [-0.2, 0) is 4.74 Å². The Labute approximate surface area is 129 Å². The largest absolute Gasteiger partial charge is 0.388 e. The summed E-state index contributed by atoms with van der Waals surface area (Å²) in [7, 11) is 0. The summed E-state index contributed by atoms with van der Waals surface area (Å²) < 4.78 is 5.62. The molecule has 0 bridgehead atoms. The van der Waals surface area contributed by atoms with Crippen LogP contribution in [0, 0.1) is 40.5 Å². The third-order valence-electron chi connectivity index (χ3n) is 5.54. The molecule has 1 aromatic rings. The van der Waals surface area contributed by atoms with E-state index in [2.05, 4.69) is 34.6 Å². The Bertz CT molecular complexity index is 484. The smallest absolute Gasteiger partial charge is 0.0798 e. The van der Waals surface area contributed by atoms with Crippen molar-refractivity contribution in [3.05, 3.63) is 33.4 Å². The van der Waals surface area contributed by atoms with E-state index < -0.39 is 0 Å². The molecule has 1 aromatic carbocycles. The van der Waals surface area contributed by atoms with E-state index in [1.165, 1.54) is 27.8 Å². The van der Waals surface area contributed by atoms with Gasteiger partial charge in [-0.2, -0.15) is 0 Å². The molecule has 1 N–H and O–H groups in total. The molecule has 1 aliphatic rings. The molecule has 2 nitrogen and oxygen atoms in total. The van der Waals surface area contributed by atoms with Gasteiger partial charge < -0.3 is 9.84 Å². The van der Waals surface area contributed by atoms with E-state index in [9.17, 15) is 5.11 Å². The number of benzene rings is 1. The lowest BCUT2D eigenvalue weighted by molar-refractivity contribution is -0.0381. The lowest BCUT2D eigenvalue weighted by Gasteiger charge is -2.36. The zero-order valence-electron chi connectivity index (χ0n) is 14.4. The number of hydrogen-bond donors (Lipinski definition) is 1. The average Bonchev–Trinajstić information content (AvgIpc) is 2.41. The molecule has 1 aliphatic carbocycles. The molecule has 1 fully saturated rings. The van der Waals surface area contributed by atoms with Crippen molar-refractivity contribution in [1.82, 2.24) is 0 Å². The fourth-order valence-corrected chi connectivity index (χ4v) is 3.70. The Morgan fingerprint density at radius 2 is 1.43 bits per heavy atom. The molecule has 0 spiro atoms. The van der Waals surface area contributed by atoms with Gasteiger partial charge in [-0.15, -0.1) is 0 Å². The molecule has 0 radical (unpaired) electrons. The Balaban J connectivity index is 2.12. The van der Waals surface area contributed by atoms with Crippen molar-refractivity contribution >= 4 is 0 Å². The van der Waals surface area contributed by atoms with Gasteiger partial charge in [0.1, 0.15) is 0 Å². The summed E-state index contributed by atoms with van der Waals surface area (Å²) in [5, 5.41) is 10.7. The maximum Gasteiger partial charge on any atom is 0.0798 e. The van der Waals surface area contributed by atoms with Gasteiger partial charge in [0.15, 0.2) is 0 Å². The quantitative estimate of drug-likeness (QED) is 0.867. The number of ether oxygens (including phenoxy) is 1. The molecule has 21 heavy (non-hydrogen) atoms. The molecule has 118 valence electrons. The van der Waals surface area contributed by atoms with Crippen molar-refractivity contribution in [2.45, 2.75) is 73.0 Å². The zero-order chi connectivity index (χ0) is 15.7. The van der Waals surface area contributed by atoms with Crippen LogP contribution in [-0.4, -0.2) is 17.8 Å². The second-order valence-corrected chi connectivity index (χ2v) is 6.70. The molecule has 0 saturated heterocycles. The van der Waals surface area contributed by atoms with Gasteiger partial charge in [-0.3, -0.25) is 0 Å². The minimum Gasteiger partial charge on any atom is -0.388 e. The zero-order valence-corrected chi connectivity index (χ0v) is 14.4. The Morgan fingerprint density at radius 3 is 1.90 bits per heavy atom. The van der Waals surface area contributed by atoms with E-state index in [0.29, 0.717) is 12.0 Å². The number of rotatable bonds is 5. The van der Waals surface area contributed by atoms with Gasteiger partial charge in [0.2, 0.25) is 0 Å². The average molecular weight is 290 g/mol. The lowest BCUT2D eigenvalue weighted by atomic mass is 9.76. The van der Waals surface area contributed by atoms with E-state index in [-0.39, 0.29) is 6.10 Å². The first-order chi connectivity index (χ1) is 9.86. The maximum absolute atomic E-state index is 10.7. The van der Waals surface area contributed by atoms with Crippen LogP contribution in [0.15, 0.2) is 0 Å². The van der Waals surface area contributed by atoms with E-state index in [0.717, 1.165) is 31.4 Å². The van der Waals surface area contributed by atoms with Crippen LogP contribution in [0.1, 0.15) is 65.7 Å². The summed E-state index contributed by atoms with van der Waals surface area (Å²) in [6.07, 6.45) is 3.17. The van der Waals surface area contributed by atoms with Gasteiger partial charge in [0, 0.05) is 6.61 Å². The fraction of sp³-hybridized carbons (Fsp3) is 0.684. The van der Waals surface area contributed by atoms with Crippen molar-refractivity contribution in [3.63, 3.8) is 0 Å². The van der Waals surface area contributed by atoms with Gasteiger partial charge in [0.05, 0.1) is 12.2 Å². The first-order valence-electron chi connectivity index (χ1n) is 8.23. The van der Waals surface area contributed by atoms with Gasteiger partial charge in [-0.25, -0.2) is 0 Å². The van der Waals surface area contributed by atoms with Gasteiger partial charge in [-0.1, -0.05) is 0 Å². The lowest BCUT2D eigenvalue weighted by Crippen LogP contribution is -2.32. The highest BCUT2D eigenvalue weighted by Gasteiger charge is 2.32. The Hall–Kier alpha value is -0.860. The van der Waals surface area contributed by atoms with Gasteiger partial charge >= 0.3 is 0 Å². The number of aliphatic hydroxyl groups is 1. The van der Waals surface area contributed by atoms with Crippen molar-refractivity contribution in [3.8, 4) is 0 Å². The standard InChI is InChI=1S/C19H30O2/c1-7-21-17-8-16(9-17)10-18(20)19-14(5)12(3)11(2)13(4)15(19)6/h16-18,20H,7-10H2,1-6H3. The second kappa shape index (κ2) is 6.50. The predicted octanol–water partition coefficient (Wildman–Crippen LogP) is 4.47. The molecule has 1 unspecified atom stereocenters. The molecule has 2 heteroatoms. The molecular formula is C19H30O2. The van der Waals surface area contributed by atoms with Crippen molar-refractivity contribution in [2.24, 2.45) is 5.92 Å². The maximum atomic E-state index is 10.7. The van der Waals surface area contributed by atoms with Crippen LogP contribution in [0.5, 0.6) is 0 Å². The topological polar surface area (TPSA) is 29.5 Å². The minimum atomic E-state index is -0.337. The highest BCUT2D eigenvalue weighted by molar-refractivity contribution is 5.50. The normalized spacial score (nSPS) is 23.0. The highest BCUT2D eigenvalue weighted by atomic mass is 16.5. The second-order valence-electron chi connectivity index (χ2n) is 6.70. The van der Waals surface area contributed by atoms with E-state index in [4.69, 9.17) is 4.74 Å². The monoisotopic (exact) mass is 290 g/mol. The molecule has 2 rings (SSSR count). The first-order valence-corrected chi connectivity index (χ1v) is 8.23. The van der Waals surface area contributed by atoms with Crippen molar-refractivity contribution in [2.75, 3.05) is 6.61 Å². The summed E-state index contributed by atoms with van der Waals surface area (Å²) >= 11 is 0. The van der Waals surface area contributed by atoms with Crippen LogP contribution in [0.3, 0.4) is 0 Å². The fourth-order valence-electron chi connectivity index (χ4n) is 3.70. The summed E-state index contributed by atoms with van der Waals surface area (Å²) in [4.78, 5) is 0. The summed E-state index contributed by atoms with van der Waals surface area (Å²) in [6.45, 7) is 13.7. The van der Waals surface area contributed by atoms with E-state index in [1.807, 2.05) is 6.92 Å². The van der Waals surface area contributed by atoms with Crippen molar-refractivity contribution < 1.29 is 9.84 Å².